The van der Waals surface area contributed by atoms with Gasteiger partial charge in [-0.25, -0.2) is 0 Å². The van der Waals surface area contributed by atoms with Crippen molar-refractivity contribution >= 4 is 0 Å². The largest absolute Gasteiger partial charge is 0.496 e. The monoisotopic (exact) mass is 300 g/mol. The van der Waals surface area contributed by atoms with Gasteiger partial charge in [-0.05, 0) is 81.4 Å². The van der Waals surface area contributed by atoms with Gasteiger partial charge in [0.25, 0.3) is 0 Å². The molecule has 1 aliphatic rings. The summed E-state index contributed by atoms with van der Waals surface area (Å²) in [6.07, 6.45) is 7.45. The van der Waals surface area contributed by atoms with Gasteiger partial charge in [-0.3, -0.25) is 0 Å². The molecule has 1 aromatic carbocycles. The predicted octanol–water partition coefficient (Wildman–Crippen LogP) is 6.37. The number of allylic oxidation sites excluding steroid dienone is 2. The Bertz CT molecular complexity index is 537. The fourth-order valence-corrected chi connectivity index (χ4v) is 3.95. The summed E-state index contributed by atoms with van der Waals surface area (Å²) < 4.78 is 5.70. The van der Waals surface area contributed by atoms with Crippen LogP contribution in [0.15, 0.2) is 23.8 Å². The highest BCUT2D eigenvalue weighted by Gasteiger charge is 2.30. The molecule has 22 heavy (non-hydrogen) atoms. The minimum atomic E-state index is 0.617. The molecule has 1 unspecified atom stereocenters. The van der Waals surface area contributed by atoms with E-state index < -0.39 is 0 Å². The Balaban J connectivity index is 2.28. The summed E-state index contributed by atoms with van der Waals surface area (Å²) in [6.45, 7) is 11.3. The Hall–Kier alpha value is -1.24. The normalized spacial score (nSPS) is 21.9. The van der Waals surface area contributed by atoms with Crippen LogP contribution in [0.4, 0.5) is 0 Å². The van der Waals surface area contributed by atoms with Crippen LogP contribution in [0.3, 0.4) is 0 Å². The molecule has 0 aromatic heterocycles. The number of methoxy groups -OCH3 is 1. The van der Waals surface area contributed by atoms with E-state index in [1.807, 2.05) is 7.11 Å². The van der Waals surface area contributed by atoms with E-state index in [-0.39, 0.29) is 0 Å². The average molecular weight is 300 g/mol. The van der Waals surface area contributed by atoms with E-state index in [2.05, 4.69) is 52.8 Å². The molecule has 3 atom stereocenters. The van der Waals surface area contributed by atoms with E-state index in [1.54, 1.807) is 5.56 Å². The van der Waals surface area contributed by atoms with Crippen LogP contribution in [0, 0.1) is 12.8 Å². The van der Waals surface area contributed by atoms with Gasteiger partial charge in [-0.2, -0.15) is 0 Å². The highest BCUT2D eigenvalue weighted by Crippen LogP contribution is 2.47. The van der Waals surface area contributed by atoms with Crippen LogP contribution >= 0.6 is 0 Å². The first kappa shape index (κ1) is 17.1. The van der Waals surface area contributed by atoms with E-state index in [1.165, 1.54) is 42.4 Å². The van der Waals surface area contributed by atoms with Crippen LogP contribution in [0.25, 0.3) is 0 Å². The molecule has 0 saturated heterocycles. The van der Waals surface area contributed by atoms with Crippen LogP contribution in [0.1, 0.15) is 81.9 Å². The zero-order valence-electron chi connectivity index (χ0n) is 15.2. The molecule has 0 spiro atoms. The molecule has 0 heterocycles. The molecule has 1 aliphatic carbocycles. The summed E-state index contributed by atoms with van der Waals surface area (Å²) in [5.41, 5.74) is 5.78. The number of fused-ring (bicyclic) bond motifs is 1. The highest BCUT2D eigenvalue weighted by molar-refractivity contribution is 5.48. The first-order valence-electron chi connectivity index (χ1n) is 8.75. The van der Waals surface area contributed by atoms with Crippen molar-refractivity contribution in [3.05, 3.63) is 40.5 Å². The third-order valence-electron chi connectivity index (χ3n) is 5.20. The number of ether oxygens (including phenoxy) is 1. The summed E-state index contributed by atoms with van der Waals surface area (Å²) in [5.74, 6) is 3.13. The van der Waals surface area contributed by atoms with Crippen molar-refractivity contribution in [3.8, 4) is 5.75 Å². The van der Waals surface area contributed by atoms with Crippen molar-refractivity contribution in [3.63, 3.8) is 0 Å². The highest BCUT2D eigenvalue weighted by atomic mass is 16.5. The zero-order valence-corrected chi connectivity index (χ0v) is 15.2. The minimum absolute atomic E-state index is 0.617. The van der Waals surface area contributed by atoms with Crippen molar-refractivity contribution < 1.29 is 4.74 Å². The van der Waals surface area contributed by atoms with Crippen LogP contribution < -0.4 is 4.74 Å². The third kappa shape index (κ3) is 3.74. The maximum Gasteiger partial charge on any atom is 0.122 e. The molecular weight excluding hydrogens is 268 g/mol. The molecule has 1 heteroatoms. The smallest absolute Gasteiger partial charge is 0.122 e. The van der Waals surface area contributed by atoms with Gasteiger partial charge in [0.1, 0.15) is 5.75 Å². The van der Waals surface area contributed by atoms with Gasteiger partial charge >= 0.3 is 0 Å². The van der Waals surface area contributed by atoms with Gasteiger partial charge in [0.2, 0.25) is 0 Å². The quantitative estimate of drug-likeness (QED) is 0.574. The van der Waals surface area contributed by atoms with E-state index in [0.29, 0.717) is 11.8 Å². The number of rotatable bonds is 5. The molecule has 0 N–H and O–H groups in total. The van der Waals surface area contributed by atoms with Gasteiger partial charge in [0.05, 0.1) is 7.11 Å². The molecule has 122 valence electrons. The molecule has 0 bridgehead atoms. The molecule has 0 amide bonds. The lowest BCUT2D eigenvalue weighted by Gasteiger charge is -2.35. The van der Waals surface area contributed by atoms with E-state index >= 15 is 0 Å². The standard InChI is InChI=1S/C21H32O/c1-14(2)8-7-9-16(4)18-11-10-17(5)21-19(18)12-15(3)13-20(21)22-6/h8,12-13,16-18H,7,9-11H2,1-6H3/t16-,17+,18?/m0/s1. The second-order valence-electron chi connectivity index (χ2n) is 7.39. The van der Waals surface area contributed by atoms with Gasteiger partial charge in [0.15, 0.2) is 0 Å². The summed E-state index contributed by atoms with van der Waals surface area (Å²) in [7, 11) is 1.81. The molecule has 0 fully saturated rings. The molecule has 1 nitrogen and oxygen atoms in total. The average Bonchev–Trinajstić information content (AvgIpc) is 2.45. The summed E-state index contributed by atoms with van der Waals surface area (Å²) in [4.78, 5) is 0. The maximum atomic E-state index is 5.70. The Morgan fingerprint density at radius 1 is 1.32 bits per heavy atom. The lowest BCUT2D eigenvalue weighted by Crippen LogP contribution is -2.19. The van der Waals surface area contributed by atoms with E-state index in [0.717, 1.165) is 11.7 Å². The van der Waals surface area contributed by atoms with Crippen molar-refractivity contribution in [1.82, 2.24) is 0 Å². The van der Waals surface area contributed by atoms with Gasteiger partial charge in [-0.1, -0.05) is 31.6 Å². The van der Waals surface area contributed by atoms with Gasteiger partial charge in [-0.15, -0.1) is 0 Å². The third-order valence-corrected chi connectivity index (χ3v) is 5.20. The number of hydrogen-bond donors (Lipinski definition) is 0. The maximum absolute atomic E-state index is 5.70. The predicted molar refractivity (Wildman–Crippen MR) is 96.0 cm³/mol. The lowest BCUT2D eigenvalue weighted by molar-refractivity contribution is 0.354. The van der Waals surface area contributed by atoms with Crippen molar-refractivity contribution in [1.29, 1.82) is 0 Å². The molecule has 0 saturated carbocycles. The van der Waals surface area contributed by atoms with Crippen LogP contribution in [0.2, 0.25) is 0 Å². The summed E-state index contributed by atoms with van der Waals surface area (Å²) in [5, 5.41) is 0. The van der Waals surface area contributed by atoms with Crippen LogP contribution in [-0.4, -0.2) is 7.11 Å². The number of hydrogen-bond acceptors (Lipinski definition) is 1. The van der Waals surface area contributed by atoms with Crippen LogP contribution in [0.5, 0.6) is 5.75 Å². The molecule has 2 rings (SSSR count). The Labute approximate surface area is 136 Å². The SMILES string of the molecule is COc1cc(C)cc2c1[C@H](C)CCC2[C@@H](C)CCC=C(C)C. The number of aryl methyl sites for hydroxylation is 1. The first-order chi connectivity index (χ1) is 10.4. The fraction of sp³-hybridized carbons (Fsp3) is 0.619. The first-order valence-corrected chi connectivity index (χ1v) is 8.75. The zero-order chi connectivity index (χ0) is 16.3. The van der Waals surface area contributed by atoms with Crippen molar-refractivity contribution in [2.24, 2.45) is 5.92 Å². The van der Waals surface area contributed by atoms with Crippen LogP contribution in [-0.2, 0) is 0 Å². The fourth-order valence-electron chi connectivity index (χ4n) is 3.95. The van der Waals surface area contributed by atoms with Gasteiger partial charge in [0, 0.05) is 5.56 Å². The second-order valence-corrected chi connectivity index (χ2v) is 7.39. The summed E-state index contributed by atoms with van der Waals surface area (Å²) >= 11 is 0. The Morgan fingerprint density at radius 3 is 2.68 bits per heavy atom. The topological polar surface area (TPSA) is 9.23 Å². The summed E-state index contributed by atoms with van der Waals surface area (Å²) in [6, 6.07) is 4.61. The van der Waals surface area contributed by atoms with E-state index in [9.17, 15) is 0 Å². The molecular formula is C21H32O. The molecule has 0 radical (unpaired) electrons. The second kappa shape index (κ2) is 7.35. The Morgan fingerprint density at radius 2 is 2.05 bits per heavy atom. The molecule has 0 aliphatic heterocycles. The Kier molecular flexibility index (Phi) is 5.72. The minimum Gasteiger partial charge on any atom is -0.496 e. The lowest BCUT2D eigenvalue weighted by atomic mass is 9.71. The van der Waals surface area contributed by atoms with Crippen molar-refractivity contribution in [2.45, 2.75) is 72.1 Å². The number of benzene rings is 1. The van der Waals surface area contributed by atoms with E-state index in [4.69, 9.17) is 4.74 Å². The van der Waals surface area contributed by atoms with Crippen molar-refractivity contribution in [2.75, 3.05) is 7.11 Å². The van der Waals surface area contributed by atoms with Gasteiger partial charge < -0.3 is 4.74 Å². The molecule has 1 aromatic rings.